The van der Waals surface area contributed by atoms with Crippen LogP contribution < -0.4 is 0 Å². The zero-order valence-corrected chi connectivity index (χ0v) is 13.0. The summed E-state index contributed by atoms with van der Waals surface area (Å²) >= 11 is 1.40. The zero-order chi connectivity index (χ0) is 14.8. The molecule has 0 fully saturated rings. The molecule has 0 aliphatic heterocycles. The van der Waals surface area contributed by atoms with E-state index in [2.05, 4.69) is 30.7 Å². The van der Waals surface area contributed by atoms with Gasteiger partial charge >= 0.3 is 5.97 Å². The van der Waals surface area contributed by atoms with Crippen molar-refractivity contribution in [2.45, 2.75) is 33.1 Å². The molecular formula is C15H18N2O2S. The minimum atomic E-state index is -0.313. The number of carbonyl (C=O) groups excluding carboxylic acids is 1. The summed E-state index contributed by atoms with van der Waals surface area (Å²) in [6.07, 6.45) is 3.39. The molecule has 0 atom stereocenters. The van der Waals surface area contributed by atoms with Crippen molar-refractivity contribution in [1.29, 1.82) is 0 Å². The van der Waals surface area contributed by atoms with Crippen LogP contribution in [0.3, 0.4) is 0 Å². The number of aromatic nitrogens is 2. The maximum absolute atomic E-state index is 12.1. The summed E-state index contributed by atoms with van der Waals surface area (Å²) in [7, 11) is 0. The van der Waals surface area contributed by atoms with E-state index in [1.54, 1.807) is 19.3 Å². The van der Waals surface area contributed by atoms with Gasteiger partial charge in [-0.25, -0.2) is 9.78 Å². The highest BCUT2D eigenvalue weighted by atomic mass is 32.1. The number of carbonyl (C=O) groups is 1. The number of nitrogens with zero attached hydrogens (tertiary/aromatic N) is 2. The molecule has 20 heavy (non-hydrogen) atoms. The van der Waals surface area contributed by atoms with E-state index in [9.17, 15) is 4.79 Å². The van der Waals surface area contributed by atoms with Gasteiger partial charge < -0.3 is 4.74 Å². The van der Waals surface area contributed by atoms with Crippen LogP contribution in [0.5, 0.6) is 0 Å². The second-order valence-electron chi connectivity index (χ2n) is 5.40. The van der Waals surface area contributed by atoms with E-state index in [4.69, 9.17) is 4.74 Å². The molecule has 0 N–H and O–H groups in total. The summed E-state index contributed by atoms with van der Waals surface area (Å²) in [5, 5.41) is 0.923. The SMILES string of the molecule is CCOC(=O)c1sc(C(C)(C)C)nc1-c1ccncc1. The molecule has 0 unspecified atom stereocenters. The Morgan fingerprint density at radius 1 is 1.30 bits per heavy atom. The third-order valence-electron chi connectivity index (χ3n) is 2.68. The van der Waals surface area contributed by atoms with Gasteiger partial charge in [-0.1, -0.05) is 20.8 Å². The van der Waals surface area contributed by atoms with Gasteiger partial charge in [-0.2, -0.15) is 0 Å². The predicted octanol–water partition coefficient (Wildman–Crippen LogP) is 3.68. The summed E-state index contributed by atoms with van der Waals surface area (Å²) in [5.74, 6) is -0.313. The number of pyridine rings is 1. The number of thiazole rings is 1. The van der Waals surface area contributed by atoms with E-state index in [1.807, 2.05) is 12.1 Å². The Labute approximate surface area is 122 Å². The lowest BCUT2D eigenvalue weighted by Gasteiger charge is -2.13. The van der Waals surface area contributed by atoms with E-state index in [-0.39, 0.29) is 11.4 Å². The minimum absolute atomic E-state index is 0.100. The van der Waals surface area contributed by atoms with Gasteiger partial charge in [0.25, 0.3) is 0 Å². The van der Waals surface area contributed by atoms with E-state index >= 15 is 0 Å². The summed E-state index contributed by atoms with van der Waals surface area (Å²) in [4.78, 5) is 21.3. The van der Waals surface area contributed by atoms with Crippen molar-refractivity contribution in [1.82, 2.24) is 9.97 Å². The van der Waals surface area contributed by atoms with Gasteiger partial charge in [-0.05, 0) is 19.1 Å². The largest absolute Gasteiger partial charge is 0.462 e. The molecule has 0 aliphatic rings. The average molecular weight is 290 g/mol. The van der Waals surface area contributed by atoms with Crippen LogP contribution in [0.1, 0.15) is 42.4 Å². The van der Waals surface area contributed by atoms with Crippen molar-refractivity contribution >= 4 is 17.3 Å². The third-order valence-corrected chi connectivity index (χ3v) is 4.14. The van der Waals surface area contributed by atoms with Crippen molar-refractivity contribution in [3.05, 3.63) is 34.4 Å². The van der Waals surface area contributed by atoms with Crippen LogP contribution in [0.4, 0.5) is 0 Å². The smallest absolute Gasteiger partial charge is 0.350 e. The first-order valence-electron chi connectivity index (χ1n) is 6.52. The van der Waals surface area contributed by atoms with Crippen LogP contribution in [-0.4, -0.2) is 22.5 Å². The number of ether oxygens (including phenoxy) is 1. The van der Waals surface area contributed by atoms with Crippen LogP contribution in [0.15, 0.2) is 24.5 Å². The molecule has 2 aromatic heterocycles. The van der Waals surface area contributed by atoms with Crippen molar-refractivity contribution in [3.63, 3.8) is 0 Å². The van der Waals surface area contributed by atoms with Gasteiger partial charge in [0.15, 0.2) is 0 Å². The first-order valence-corrected chi connectivity index (χ1v) is 7.34. The molecular weight excluding hydrogens is 272 g/mol. The number of esters is 1. The summed E-state index contributed by atoms with van der Waals surface area (Å²) in [5.41, 5.74) is 1.47. The van der Waals surface area contributed by atoms with Crippen molar-refractivity contribution < 1.29 is 9.53 Å². The molecule has 0 saturated carbocycles. The molecule has 5 heteroatoms. The van der Waals surface area contributed by atoms with Gasteiger partial charge in [0.1, 0.15) is 4.88 Å². The highest BCUT2D eigenvalue weighted by molar-refractivity contribution is 7.14. The summed E-state index contributed by atoms with van der Waals surface area (Å²) < 4.78 is 5.13. The Morgan fingerprint density at radius 3 is 2.50 bits per heavy atom. The first-order chi connectivity index (χ1) is 9.43. The Morgan fingerprint density at radius 2 is 1.95 bits per heavy atom. The topological polar surface area (TPSA) is 52.1 Å². The van der Waals surface area contributed by atoms with E-state index in [0.717, 1.165) is 10.6 Å². The van der Waals surface area contributed by atoms with Crippen LogP contribution in [0.25, 0.3) is 11.3 Å². The Kier molecular flexibility index (Phi) is 4.18. The second kappa shape index (κ2) is 5.71. The molecule has 106 valence electrons. The fourth-order valence-electron chi connectivity index (χ4n) is 1.68. The lowest BCUT2D eigenvalue weighted by molar-refractivity contribution is 0.0532. The standard InChI is InChI=1S/C15H18N2O2S/c1-5-19-13(18)12-11(10-6-8-16-9-7-10)17-14(20-12)15(2,3)4/h6-9H,5H2,1-4H3. The zero-order valence-electron chi connectivity index (χ0n) is 12.1. The van der Waals surface area contributed by atoms with Gasteiger partial charge in [0.05, 0.1) is 17.3 Å². The Hall–Kier alpha value is -1.75. The summed E-state index contributed by atoms with van der Waals surface area (Å²) in [6, 6.07) is 3.70. The molecule has 0 amide bonds. The number of rotatable bonds is 3. The molecule has 2 heterocycles. The van der Waals surface area contributed by atoms with Gasteiger partial charge in [0.2, 0.25) is 0 Å². The quantitative estimate of drug-likeness (QED) is 0.809. The number of hydrogen-bond acceptors (Lipinski definition) is 5. The average Bonchev–Trinajstić information content (AvgIpc) is 2.85. The van der Waals surface area contributed by atoms with E-state index in [0.29, 0.717) is 17.2 Å². The maximum Gasteiger partial charge on any atom is 0.350 e. The van der Waals surface area contributed by atoms with Crippen LogP contribution >= 0.6 is 11.3 Å². The molecule has 0 aliphatic carbocycles. The minimum Gasteiger partial charge on any atom is -0.462 e. The fraction of sp³-hybridized carbons (Fsp3) is 0.400. The van der Waals surface area contributed by atoms with Crippen molar-refractivity contribution in [2.75, 3.05) is 6.61 Å². The molecule has 4 nitrogen and oxygen atoms in total. The predicted molar refractivity (Wildman–Crippen MR) is 80.0 cm³/mol. The molecule has 0 bridgehead atoms. The first kappa shape index (κ1) is 14.7. The maximum atomic E-state index is 12.1. The highest BCUT2D eigenvalue weighted by Gasteiger charge is 2.26. The molecule has 0 saturated heterocycles. The van der Waals surface area contributed by atoms with Gasteiger partial charge in [0, 0.05) is 23.4 Å². The Balaban J connectivity index is 2.54. The fourth-order valence-corrected chi connectivity index (χ4v) is 2.72. The lowest BCUT2D eigenvalue weighted by Crippen LogP contribution is -2.10. The lowest BCUT2D eigenvalue weighted by atomic mass is 9.98. The van der Waals surface area contributed by atoms with Crippen LogP contribution in [0, 0.1) is 0 Å². The normalized spacial score (nSPS) is 11.4. The Bertz CT molecular complexity index is 600. The molecule has 2 aromatic rings. The molecule has 0 radical (unpaired) electrons. The highest BCUT2D eigenvalue weighted by Crippen LogP contribution is 2.34. The van der Waals surface area contributed by atoms with Crippen molar-refractivity contribution in [2.24, 2.45) is 0 Å². The van der Waals surface area contributed by atoms with Crippen LogP contribution in [0.2, 0.25) is 0 Å². The van der Waals surface area contributed by atoms with Crippen molar-refractivity contribution in [3.8, 4) is 11.3 Å². The monoisotopic (exact) mass is 290 g/mol. The molecule has 0 spiro atoms. The van der Waals surface area contributed by atoms with E-state index in [1.165, 1.54) is 11.3 Å². The second-order valence-corrected chi connectivity index (χ2v) is 6.40. The van der Waals surface area contributed by atoms with Gasteiger partial charge in [-0.3, -0.25) is 4.98 Å². The molecule has 0 aromatic carbocycles. The van der Waals surface area contributed by atoms with E-state index < -0.39 is 0 Å². The number of hydrogen-bond donors (Lipinski definition) is 0. The van der Waals surface area contributed by atoms with Gasteiger partial charge in [-0.15, -0.1) is 11.3 Å². The van der Waals surface area contributed by atoms with Crippen LogP contribution in [-0.2, 0) is 10.2 Å². The summed E-state index contributed by atoms with van der Waals surface area (Å²) in [6.45, 7) is 8.40. The third kappa shape index (κ3) is 3.04. The molecule has 2 rings (SSSR count).